The highest BCUT2D eigenvalue weighted by atomic mass is 19.1. The topological polar surface area (TPSA) is 145 Å². The molecule has 3 aromatic heterocycles. The highest BCUT2D eigenvalue weighted by Gasteiger charge is 2.30. The summed E-state index contributed by atoms with van der Waals surface area (Å²) in [7, 11) is 0. The number of rotatable bonds is 6. The van der Waals surface area contributed by atoms with Crippen LogP contribution in [0.1, 0.15) is 53.5 Å². The van der Waals surface area contributed by atoms with E-state index in [-0.39, 0.29) is 40.8 Å². The molecule has 13 nitrogen and oxygen atoms in total. The number of halogens is 1. The number of carbonyl (C=O) groups excluding carboxylic acids is 2. The number of ether oxygens (including phenoxy) is 1. The zero-order valence-corrected chi connectivity index (χ0v) is 25.0. The lowest BCUT2D eigenvalue weighted by molar-refractivity contribution is 0.102. The molecule has 1 fully saturated rings. The third-order valence-corrected chi connectivity index (χ3v) is 7.80. The van der Waals surface area contributed by atoms with E-state index in [0.717, 1.165) is 35.7 Å². The van der Waals surface area contributed by atoms with E-state index in [4.69, 9.17) is 4.74 Å². The molecule has 0 bridgehead atoms. The van der Waals surface area contributed by atoms with Crippen LogP contribution in [-0.4, -0.2) is 65.5 Å². The molecule has 0 saturated carbocycles. The zero-order valence-electron chi connectivity index (χ0n) is 25.0. The monoisotopic (exact) mass is 614 g/mol. The van der Waals surface area contributed by atoms with Crippen LogP contribution in [0.4, 0.5) is 14.9 Å². The summed E-state index contributed by atoms with van der Waals surface area (Å²) >= 11 is 0. The first-order chi connectivity index (χ1) is 21.6. The molecule has 6 rings (SSSR count). The molecule has 0 atom stereocenters. The third-order valence-electron chi connectivity index (χ3n) is 7.80. The van der Waals surface area contributed by atoms with Crippen molar-refractivity contribution in [3.8, 4) is 17.4 Å². The van der Waals surface area contributed by atoms with Crippen LogP contribution in [0.15, 0.2) is 58.6 Å². The molecule has 45 heavy (non-hydrogen) atoms. The minimum absolute atomic E-state index is 0.0228. The van der Waals surface area contributed by atoms with E-state index in [1.807, 2.05) is 6.92 Å². The van der Waals surface area contributed by atoms with Crippen molar-refractivity contribution >= 4 is 17.6 Å². The first-order valence-corrected chi connectivity index (χ1v) is 14.6. The van der Waals surface area contributed by atoms with Gasteiger partial charge < -0.3 is 19.9 Å². The minimum Gasteiger partial charge on any atom is -0.436 e. The maximum Gasteiger partial charge on any atom is 0.337 e. The third kappa shape index (κ3) is 5.78. The molecular formula is C31H31FN8O5. The van der Waals surface area contributed by atoms with Crippen LogP contribution in [0.5, 0.6) is 11.6 Å². The first-order valence-electron chi connectivity index (χ1n) is 14.6. The van der Waals surface area contributed by atoms with Crippen molar-refractivity contribution in [1.82, 2.24) is 33.9 Å². The van der Waals surface area contributed by atoms with Crippen molar-refractivity contribution in [3.05, 3.63) is 98.1 Å². The summed E-state index contributed by atoms with van der Waals surface area (Å²) in [6, 6.07) is 6.66. The fourth-order valence-electron chi connectivity index (χ4n) is 5.14. The lowest BCUT2D eigenvalue weighted by Gasteiger charge is -2.37. The zero-order chi connectivity index (χ0) is 31.8. The number of aryl methyl sites for hydroxylation is 1. The number of fused-ring (bicyclic) bond motifs is 1. The summed E-state index contributed by atoms with van der Waals surface area (Å²) in [6.07, 6.45) is 5.48. The van der Waals surface area contributed by atoms with Crippen LogP contribution in [0.25, 0.3) is 5.82 Å². The van der Waals surface area contributed by atoms with Gasteiger partial charge in [0.1, 0.15) is 17.7 Å². The molecule has 0 aliphatic carbocycles. The van der Waals surface area contributed by atoms with Gasteiger partial charge in [-0.1, -0.05) is 6.07 Å². The molecule has 1 N–H and O–H groups in total. The van der Waals surface area contributed by atoms with Gasteiger partial charge in [-0.2, -0.15) is 0 Å². The SMILES string of the molecule is Cc1ccc(-n2c(=O)c(C(=O)Nc3ccc(Oc4ncnc5c4CCN(C(=O)N4CCC4)C5)c(F)c3)cn(C(C)C)c2=O)nc1. The number of benzene rings is 1. The van der Waals surface area contributed by atoms with E-state index in [0.29, 0.717) is 30.8 Å². The first kappa shape index (κ1) is 29.7. The van der Waals surface area contributed by atoms with Gasteiger partial charge in [0, 0.05) is 55.4 Å². The maximum absolute atomic E-state index is 15.2. The van der Waals surface area contributed by atoms with Crippen LogP contribution in [0.2, 0.25) is 0 Å². The summed E-state index contributed by atoms with van der Waals surface area (Å²) in [5, 5.41) is 2.54. The highest BCUT2D eigenvalue weighted by Crippen LogP contribution is 2.31. The molecule has 4 aromatic rings. The highest BCUT2D eigenvalue weighted by molar-refractivity contribution is 6.03. The molecule has 14 heteroatoms. The quantitative estimate of drug-likeness (QED) is 0.348. The van der Waals surface area contributed by atoms with Crippen LogP contribution >= 0.6 is 0 Å². The fourth-order valence-corrected chi connectivity index (χ4v) is 5.14. The largest absolute Gasteiger partial charge is 0.436 e. The van der Waals surface area contributed by atoms with Gasteiger partial charge in [0.05, 0.1) is 12.2 Å². The van der Waals surface area contributed by atoms with E-state index >= 15 is 4.39 Å². The van der Waals surface area contributed by atoms with Gasteiger partial charge in [-0.15, -0.1) is 0 Å². The van der Waals surface area contributed by atoms with Crippen LogP contribution in [0.3, 0.4) is 0 Å². The van der Waals surface area contributed by atoms with Crippen molar-refractivity contribution in [1.29, 1.82) is 0 Å². The van der Waals surface area contributed by atoms with Crippen molar-refractivity contribution < 1.29 is 18.7 Å². The second kappa shape index (κ2) is 11.9. The van der Waals surface area contributed by atoms with Gasteiger partial charge in [-0.3, -0.25) is 14.2 Å². The molecule has 2 aliphatic rings. The molecule has 2 aliphatic heterocycles. The standard InChI is InChI=1S/C31H31FN8O5/c1-18(2)39-15-22(29(42)40(31(39)44)26-8-5-19(3)14-33-26)27(41)36-20-6-7-25(23(32)13-20)45-28-21-9-12-38(16-24(21)34-17-35-28)30(43)37-10-4-11-37/h5-8,13-15,17-18H,4,9-12,16H2,1-3H3,(H,36,41). The van der Waals surface area contributed by atoms with Crippen LogP contribution in [0, 0.1) is 12.7 Å². The molecule has 1 saturated heterocycles. The number of likely N-dealkylation sites (tertiary alicyclic amines) is 1. The predicted molar refractivity (Wildman–Crippen MR) is 161 cm³/mol. The summed E-state index contributed by atoms with van der Waals surface area (Å²) in [4.78, 5) is 68.6. The normalized spacial score (nSPS) is 14.2. The summed E-state index contributed by atoms with van der Waals surface area (Å²) in [6.45, 7) is 7.58. The number of urea groups is 1. The van der Waals surface area contributed by atoms with Gasteiger partial charge in [0.15, 0.2) is 11.6 Å². The van der Waals surface area contributed by atoms with E-state index < -0.39 is 23.0 Å². The number of nitrogens with one attached hydrogen (secondary N) is 1. The number of nitrogens with zero attached hydrogens (tertiary/aromatic N) is 7. The van der Waals surface area contributed by atoms with Gasteiger partial charge in [-0.25, -0.2) is 33.5 Å². The van der Waals surface area contributed by atoms with E-state index in [2.05, 4.69) is 20.3 Å². The van der Waals surface area contributed by atoms with Crippen molar-refractivity contribution in [2.75, 3.05) is 25.0 Å². The van der Waals surface area contributed by atoms with Crippen molar-refractivity contribution in [2.24, 2.45) is 0 Å². The molecular weight excluding hydrogens is 583 g/mol. The van der Waals surface area contributed by atoms with Crippen molar-refractivity contribution in [3.63, 3.8) is 0 Å². The molecule has 0 spiro atoms. The van der Waals surface area contributed by atoms with E-state index in [1.165, 1.54) is 41.5 Å². The average molecular weight is 615 g/mol. The second-order valence-corrected chi connectivity index (χ2v) is 11.3. The Hall–Kier alpha value is -5.40. The minimum atomic E-state index is -0.857. The number of amides is 3. The van der Waals surface area contributed by atoms with Gasteiger partial charge in [-0.05, 0) is 57.4 Å². The smallest absolute Gasteiger partial charge is 0.337 e. The number of aromatic nitrogens is 5. The number of hydrogen-bond acceptors (Lipinski definition) is 8. The molecule has 5 heterocycles. The van der Waals surface area contributed by atoms with E-state index in [1.54, 1.807) is 29.7 Å². The predicted octanol–water partition coefficient (Wildman–Crippen LogP) is 3.44. The van der Waals surface area contributed by atoms with E-state index in [9.17, 15) is 19.2 Å². The Kier molecular flexibility index (Phi) is 7.87. The number of anilines is 1. The number of carbonyl (C=O) groups is 2. The number of pyridine rings is 1. The Morgan fingerprint density at radius 2 is 1.82 bits per heavy atom. The average Bonchev–Trinajstić information content (AvgIpc) is 2.98. The summed E-state index contributed by atoms with van der Waals surface area (Å²) in [5.74, 6) is -1.47. The molecule has 1 aromatic carbocycles. The lowest BCUT2D eigenvalue weighted by Crippen LogP contribution is -2.51. The number of hydrogen-bond donors (Lipinski definition) is 1. The Morgan fingerprint density at radius 1 is 1.02 bits per heavy atom. The second-order valence-electron chi connectivity index (χ2n) is 11.3. The van der Waals surface area contributed by atoms with Gasteiger partial charge in [0.25, 0.3) is 11.5 Å². The lowest BCUT2D eigenvalue weighted by atomic mass is 10.1. The van der Waals surface area contributed by atoms with Gasteiger partial charge >= 0.3 is 11.7 Å². The van der Waals surface area contributed by atoms with Crippen LogP contribution < -0.4 is 21.3 Å². The van der Waals surface area contributed by atoms with Crippen molar-refractivity contribution in [2.45, 2.75) is 46.2 Å². The Balaban J connectivity index is 1.22. The molecule has 0 radical (unpaired) electrons. The summed E-state index contributed by atoms with van der Waals surface area (Å²) < 4.78 is 23.2. The fraction of sp³-hybridized carbons (Fsp3) is 0.323. The molecule has 0 unspecified atom stereocenters. The Labute approximate surface area is 256 Å². The molecule has 3 amide bonds. The van der Waals surface area contributed by atoms with Crippen LogP contribution in [-0.2, 0) is 13.0 Å². The Morgan fingerprint density at radius 3 is 2.49 bits per heavy atom. The summed E-state index contributed by atoms with van der Waals surface area (Å²) in [5.41, 5.74) is 0.416. The maximum atomic E-state index is 15.2. The van der Waals surface area contributed by atoms with Gasteiger partial charge in [0.2, 0.25) is 5.88 Å². The Bertz CT molecular complexity index is 1920. The molecule has 232 valence electrons.